The molecule has 0 saturated carbocycles. The van der Waals surface area contributed by atoms with Gasteiger partial charge in [-0.25, -0.2) is 0 Å². The summed E-state index contributed by atoms with van der Waals surface area (Å²) in [5.41, 5.74) is 0.988. The van der Waals surface area contributed by atoms with Crippen LogP contribution in [-0.2, 0) is 9.59 Å². The minimum absolute atomic E-state index is 0.0664. The molecule has 1 amide bonds. The molecule has 1 aliphatic heterocycles. The van der Waals surface area contributed by atoms with E-state index in [0.29, 0.717) is 16.5 Å². The van der Waals surface area contributed by atoms with Gasteiger partial charge in [-0.3, -0.25) is 9.59 Å². The van der Waals surface area contributed by atoms with Crippen LogP contribution in [0.1, 0.15) is 55.7 Å². The summed E-state index contributed by atoms with van der Waals surface area (Å²) in [5, 5.41) is 10.8. The number of carbonyl (C=O) groups excluding carboxylic acids is 1. The van der Waals surface area contributed by atoms with Gasteiger partial charge in [-0.1, -0.05) is 66.5 Å². The van der Waals surface area contributed by atoms with Crippen molar-refractivity contribution in [1.29, 1.82) is 0 Å². The molecule has 4 atom stereocenters. The molecule has 0 spiro atoms. The molecule has 1 unspecified atom stereocenters. The van der Waals surface area contributed by atoms with Crippen molar-refractivity contribution < 1.29 is 14.7 Å². The number of aliphatic carboxylic acids is 1. The number of nitrogens with zero attached hydrogens (tertiary/aromatic N) is 1. The standard InChI is InChI=1S/C25H25Cl2NO3/c1-25(15-22(29)30)14-21(17-5-4-6-19(27)13-17)23(16-9-11-18(26)12-10-16)28(24(25)31)20-7-2-3-8-20/h2,4-7,9-13,20-21,23H,3,8,14-15H2,1H3,(H,29,30)/t20-,21+,23+,25?/m0/s1. The Hall–Kier alpha value is -2.30. The minimum atomic E-state index is -1.00. The highest BCUT2D eigenvalue weighted by Crippen LogP contribution is 2.52. The Balaban J connectivity index is 1.88. The molecule has 6 heteroatoms. The molecular formula is C25H25Cl2NO3. The van der Waals surface area contributed by atoms with Crippen molar-refractivity contribution in [3.05, 3.63) is 81.9 Å². The minimum Gasteiger partial charge on any atom is -0.481 e. The summed E-state index contributed by atoms with van der Waals surface area (Å²) in [7, 11) is 0. The van der Waals surface area contributed by atoms with E-state index in [1.807, 2.05) is 53.4 Å². The number of amides is 1. The Morgan fingerprint density at radius 2 is 1.87 bits per heavy atom. The number of rotatable bonds is 5. The molecule has 4 nitrogen and oxygen atoms in total. The van der Waals surface area contributed by atoms with Gasteiger partial charge in [-0.05, 0) is 54.7 Å². The zero-order chi connectivity index (χ0) is 22.2. The SMILES string of the molecule is CC1(CC(=O)O)C[C@H](c2cccc(Cl)c2)[C@@H](c2ccc(Cl)cc2)N([C@H]2C=CCC2)C1=O. The van der Waals surface area contributed by atoms with Crippen molar-refractivity contribution in [3.8, 4) is 0 Å². The van der Waals surface area contributed by atoms with E-state index >= 15 is 0 Å². The van der Waals surface area contributed by atoms with E-state index in [1.165, 1.54) is 0 Å². The van der Waals surface area contributed by atoms with Gasteiger partial charge in [-0.15, -0.1) is 0 Å². The smallest absolute Gasteiger partial charge is 0.304 e. The fraction of sp³-hybridized carbons (Fsp3) is 0.360. The molecule has 2 aromatic rings. The fourth-order valence-corrected chi connectivity index (χ4v) is 5.42. The molecule has 1 N–H and O–H groups in total. The largest absolute Gasteiger partial charge is 0.481 e. The second kappa shape index (κ2) is 8.68. The van der Waals surface area contributed by atoms with Crippen molar-refractivity contribution in [1.82, 2.24) is 4.90 Å². The van der Waals surface area contributed by atoms with E-state index in [-0.39, 0.29) is 30.3 Å². The van der Waals surface area contributed by atoms with E-state index in [0.717, 1.165) is 24.0 Å². The number of carbonyl (C=O) groups is 2. The first-order valence-electron chi connectivity index (χ1n) is 10.5. The summed E-state index contributed by atoms with van der Waals surface area (Å²) < 4.78 is 0. The van der Waals surface area contributed by atoms with E-state index < -0.39 is 11.4 Å². The number of carboxylic acids is 1. The predicted molar refractivity (Wildman–Crippen MR) is 122 cm³/mol. The maximum absolute atomic E-state index is 13.8. The third kappa shape index (κ3) is 4.37. The van der Waals surface area contributed by atoms with Gasteiger partial charge >= 0.3 is 5.97 Å². The number of likely N-dealkylation sites (tertiary alicyclic amines) is 1. The molecular weight excluding hydrogens is 433 g/mol. The average Bonchev–Trinajstić information content (AvgIpc) is 3.24. The van der Waals surface area contributed by atoms with Crippen molar-refractivity contribution >= 4 is 35.1 Å². The predicted octanol–water partition coefficient (Wildman–Crippen LogP) is 6.25. The summed E-state index contributed by atoms with van der Waals surface area (Å²) in [6.45, 7) is 1.78. The van der Waals surface area contributed by atoms with Crippen molar-refractivity contribution in [2.45, 2.75) is 50.6 Å². The van der Waals surface area contributed by atoms with Crippen LogP contribution in [0.4, 0.5) is 0 Å². The number of benzene rings is 2. The van der Waals surface area contributed by atoms with Gasteiger partial charge in [0.05, 0.1) is 23.9 Å². The van der Waals surface area contributed by atoms with Crippen LogP contribution in [0.15, 0.2) is 60.7 Å². The topological polar surface area (TPSA) is 57.6 Å². The Kier molecular flexibility index (Phi) is 6.14. The van der Waals surface area contributed by atoms with E-state index in [1.54, 1.807) is 6.92 Å². The summed E-state index contributed by atoms with van der Waals surface area (Å²) in [6, 6.07) is 15.0. The molecule has 1 heterocycles. The normalized spacial score (nSPS) is 28.2. The van der Waals surface area contributed by atoms with Crippen LogP contribution in [0.3, 0.4) is 0 Å². The zero-order valence-corrected chi connectivity index (χ0v) is 18.8. The van der Waals surface area contributed by atoms with Gasteiger partial charge in [0.1, 0.15) is 0 Å². The molecule has 0 radical (unpaired) electrons. The van der Waals surface area contributed by atoms with Gasteiger partial charge < -0.3 is 10.0 Å². The third-order valence-corrected chi connectivity index (χ3v) is 6.96. The summed E-state index contributed by atoms with van der Waals surface area (Å²) in [5.74, 6) is -1.17. The molecule has 162 valence electrons. The Morgan fingerprint density at radius 1 is 1.13 bits per heavy atom. The van der Waals surface area contributed by atoms with Gasteiger partial charge in [-0.2, -0.15) is 0 Å². The number of piperidine rings is 1. The highest BCUT2D eigenvalue weighted by Gasteiger charge is 2.52. The van der Waals surface area contributed by atoms with Crippen LogP contribution in [-0.4, -0.2) is 27.9 Å². The third-order valence-electron chi connectivity index (χ3n) is 6.48. The lowest BCUT2D eigenvalue weighted by molar-refractivity contribution is -0.159. The van der Waals surface area contributed by atoms with Gasteiger partial charge in [0.25, 0.3) is 0 Å². The number of carboxylic acid groups (broad SMARTS) is 1. The maximum Gasteiger partial charge on any atom is 0.304 e. The first-order valence-corrected chi connectivity index (χ1v) is 11.3. The van der Waals surface area contributed by atoms with Gasteiger partial charge in [0.2, 0.25) is 5.91 Å². The summed E-state index contributed by atoms with van der Waals surface area (Å²) in [6.07, 6.45) is 6.12. The van der Waals surface area contributed by atoms with E-state index in [9.17, 15) is 14.7 Å². The quantitative estimate of drug-likeness (QED) is 0.539. The van der Waals surface area contributed by atoms with Crippen LogP contribution in [0, 0.1) is 5.41 Å². The molecule has 0 aromatic heterocycles. The molecule has 4 rings (SSSR count). The maximum atomic E-state index is 13.8. The zero-order valence-electron chi connectivity index (χ0n) is 17.3. The Morgan fingerprint density at radius 3 is 2.48 bits per heavy atom. The van der Waals surface area contributed by atoms with E-state index in [4.69, 9.17) is 23.2 Å². The highest BCUT2D eigenvalue weighted by molar-refractivity contribution is 6.30. The second-order valence-corrected chi connectivity index (χ2v) is 9.65. The number of hydrogen-bond donors (Lipinski definition) is 1. The van der Waals surface area contributed by atoms with Crippen LogP contribution in [0.5, 0.6) is 0 Å². The lowest BCUT2D eigenvalue weighted by Crippen LogP contribution is -2.55. The van der Waals surface area contributed by atoms with Crippen LogP contribution >= 0.6 is 23.2 Å². The first-order chi connectivity index (χ1) is 14.8. The molecule has 2 aliphatic rings. The van der Waals surface area contributed by atoms with Crippen LogP contribution in [0.2, 0.25) is 10.0 Å². The Labute approximate surface area is 192 Å². The summed E-state index contributed by atoms with van der Waals surface area (Å²) in [4.78, 5) is 27.5. The number of allylic oxidation sites excluding steroid dienone is 1. The fourth-order valence-electron chi connectivity index (χ4n) is 5.09. The highest BCUT2D eigenvalue weighted by atomic mass is 35.5. The van der Waals surface area contributed by atoms with Gasteiger partial charge in [0, 0.05) is 16.0 Å². The van der Waals surface area contributed by atoms with Crippen LogP contribution in [0.25, 0.3) is 0 Å². The molecule has 0 bridgehead atoms. The van der Waals surface area contributed by atoms with Crippen molar-refractivity contribution in [2.24, 2.45) is 5.41 Å². The van der Waals surface area contributed by atoms with Gasteiger partial charge in [0.15, 0.2) is 0 Å². The summed E-state index contributed by atoms with van der Waals surface area (Å²) >= 11 is 12.5. The molecule has 31 heavy (non-hydrogen) atoms. The Bertz CT molecular complexity index is 1020. The molecule has 1 saturated heterocycles. The average molecular weight is 458 g/mol. The molecule has 2 aromatic carbocycles. The van der Waals surface area contributed by atoms with Crippen LogP contribution < -0.4 is 0 Å². The van der Waals surface area contributed by atoms with E-state index in [2.05, 4.69) is 12.2 Å². The molecule has 1 aliphatic carbocycles. The monoisotopic (exact) mass is 457 g/mol. The first kappa shape index (κ1) is 21.9. The number of hydrogen-bond acceptors (Lipinski definition) is 2. The van der Waals surface area contributed by atoms with Crippen molar-refractivity contribution in [2.75, 3.05) is 0 Å². The lowest BCUT2D eigenvalue weighted by atomic mass is 9.67. The molecule has 1 fully saturated rings. The lowest BCUT2D eigenvalue weighted by Gasteiger charge is -2.51. The number of halogens is 2. The second-order valence-electron chi connectivity index (χ2n) is 8.78. The van der Waals surface area contributed by atoms with Crippen molar-refractivity contribution in [3.63, 3.8) is 0 Å².